The molecule has 1 heterocycles. The molecule has 0 aliphatic carbocycles. The monoisotopic (exact) mass is 590 g/mol. The molecule has 1 atom stereocenters. The van der Waals surface area contributed by atoms with Gasteiger partial charge in [-0.1, -0.05) is 69.6 Å². The second-order valence-electron chi connectivity index (χ2n) is 8.12. The van der Waals surface area contributed by atoms with E-state index in [1.807, 2.05) is 41.8 Å². The summed E-state index contributed by atoms with van der Waals surface area (Å²) in [4.78, 5) is 0.173. The van der Waals surface area contributed by atoms with E-state index in [1.54, 1.807) is 43.0 Å². The number of nitrogens with zero attached hydrogens (tertiary/aromatic N) is 3. The molecule has 1 unspecified atom stereocenters. The molecule has 0 fully saturated rings. The van der Waals surface area contributed by atoms with Gasteiger partial charge in [-0.2, -0.15) is 0 Å². The Morgan fingerprint density at radius 3 is 2.46 bits per heavy atom. The van der Waals surface area contributed by atoms with Crippen LogP contribution in [-0.4, -0.2) is 23.2 Å². The summed E-state index contributed by atoms with van der Waals surface area (Å²) >= 11 is 11.2. The van der Waals surface area contributed by atoms with Crippen molar-refractivity contribution in [2.75, 3.05) is 0 Å². The molecule has 4 aromatic rings. The molecule has 35 heavy (non-hydrogen) atoms. The first-order chi connectivity index (χ1) is 16.7. The lowest BCUT2D eigenvalue weighted by atomic mass is 10.1. The number of halogens is 2. The average molecular weight is 592 g/mol. The van der Waals surface area contributed by atoms with E-state index in [9.17, 15) is 8.42 Å². The zero-order valence-electron chi connectivity index (χ0n) is 19.4. The summed E-state index contributed by atoms with van der Waals surface area (Å²) in [6, 6.07) is 19.6. The van der Waals surface area contributed by atoms with Gasteiger partial charge in [-0.05, 0) is 73.9 Å². The van der Waals surface area contributed by atoms with E-state index in [0.29, 0.717) is 21.8 Å². The van der Waals surface area contributed by atoms with E-state index in [1.165, 1.54) is 11.1 Å². The van der Waals surface area contributed by atoms with Gasteiger partial charge in [-0.25, -0.2) is 13.1 Å². The van der Waals surface area contributed by atoms with Crippen LogP contribution in [0, 0.1) is 13.8 Å². The maximum atomic E-state index is 13.0. The fourth-order valence-corrected chi connectivity index (χ4v) is 6.25. The first kappa shape index (κ1) is 25.9. The van der Waals surface area contributed by atoms with Crippen LogP contribution in [-0.2, 0) is 15.8 Å². The predicted octanol–water partition coefficient (Wildman–Crippen LogP) is 6.63. The highest BCUT2D eigenvalue weighted by Crippen LogP contribution is 2.31. The maximum absolute atomic E-state index is 13.0. The lowest BCUT2D eigenvalue weighted by molar-refractivity contribution is 0.556. The SMILES string of the molecule is Cc1ccccc1CSc1nnc(C(C)NS(=O)(=O)c2ccc(Br)cc2)n1-c1cc(Cl)ccc1C. The maximum Gasteiger partial charge on any atom is 0.241 e. The second-order valence-corrected chi connectivity index (χ2v) is 12.1. The van der Waals surface area contributed by atoms with Gasteiger partial charge >= 0.3 is 0 Å². The van der Waals surface area contributed by atoms with E-state index in [4.69, 9.17) is 11.6 Å². The van der Waals surface area contributed by atoms with Gasteiger partial charge in [-0.3, -0.25) is 4.57 Å². The molecule has 1 N–H and O–H groups in total. The Balaban J connectivity index is 1.71. The largest absolute Gasteiger partial charge is 0.272 e. The van der Waals surface area contributed by atoms with Crippen LogP contribution in [0.3, 0.4) is 0 Å². The van der Waals surface area contributed by atoms with Crippen molar-refractivity contribution in [1.29, 1.82) is 0 Å². The fourth-order valence-electron chi connectivity index (χ4n) is 3.59. The molecule has 0 radical (unpaired) electrons. The summed E-state index contributed by atoms with van der Waals surface area (Å²) < 4.78 is 31.5. The fraction of sp³-hybridized carbons (Fsp3) is 0.200. The van der Waals surface area contributed by atoms with Crippen LogP contribution in [0.2, 0.25) is 5.02 Å². The number of aromatic nitrogens is 3. The lowest BCUT2D eigenvalue weighted by Crippen LogP contribution is -2.29. The molecule has 4 rings (SSSR count). The molecular formula is C25H24BrClN4O2S2. The van der Waals surface area contributed by atoms with Crippen molar-refractivity contribution >= 4 is 49.3 Å². The van der Waals surface area contributed by atoms with E-state index in [-0.39, 0.29) is 4.90 Å². The van der Waals surface area contributed by atoms with Crippen LogP contribution < -0.4 is 4.72 Å². The molecule has 0 saturated carbocycles. The minimum absolute atomic E-state index is 0.173. The molecule has 0 saturated heterocycles. The van der Waals surface area contributed by atoms with Crippen LogP contribution in [0.4, 0.5) is 0 Å². The molecule has 0 spiro atoms. The summed E-state index contributed by atoms with van der Waals surface area (Å²) in [6.07, 6.45) is 0. The number of nitrogens with one attached hydrogen (secondary N) is 1. The molecule has 0 aliphatic heterocycles. The number of sulfonamides is 1. The highest BCUT2D eigenvalue weighted by molar-refractivity contribution is 9.10. The number of aryl methyl sites for hydroxylation is 2. The Morgan fingerprint density at radius 2 is 1.74 bits per heavy atom. The van der Waals surface area contributed by atoms with Crippen LogP contribution >= 0.6 is 39.3 Å². The first-order valence-electron chi connectivity index (χ1n) is 10.8. The Labute approximate surface area is 223 Å². The van der Waals surface area contributed by atoms with Crippen molar-refractivity contribution in [3.05, 3.63) is 98.7 Å². The van der Waals surface area contributed by atoms with E-state index >= 15 is 0 Å². The third-order valence-corrected chi connectivity index (χ3v) is 8.83. The van der Waals surface area contributed by atoms with Crippen molar-refractivity contribution in [1.82, 2.24) is 19.5 Å². The van der Waals surface area contributed by atoms with Gasteiger partial charge < -0.3 is 0 Å². The van der Waals surface area contributed by atoms with Gasteiger partial charge in [0.15, 0.2) is 11.0 Å². The Hall–Kier alpha value is -2.17. The Bertz CT molecular complexity index is 1460. The third-order valence-electron chi connectivity index (χ3n) is 5.53. The van der Waals surface area contributed by atoms with Gasteiger partial charge in [-0.15, -0.1) is 10.2 Å². The van der Waals surface area contributed by atoms with Crippen molar-refractivity contribution in [2.45, 2.75) is 42.6 Å². The molecule has 182 valence electrons. The lowest BCUT2D eigenvalue weighted by Gasteiger charge is -2.18. The second kappa shape index (κ2) is 10.8. The van der Waals surface area contributed by atoms with Crippen molar-refractivity contribution < 1.29 is 8.42 Å². The van der Waals surface area contributed by atoms with E-state index in [0.717, 1.165) is 15.7 Å². The van der Waals surface area contributed by atoms with Crippen molar-refractivity contribution in [2.24, 2.45) is 0 Å². The van der Waals surface area contributed by atoms with Crippen LogP contribution in [0.15, 0.2) is 81.3 Å². The summed E-state index contributed by atoms with van der Waals surface area (Å²) in [7, 11) is -3.78. The van der Waals surface area contributed by atoms with Crippen molar-refractivity contribution in [3.63, 3.8) is 0 Å². The number of benzene rings is 3. The zero-order chi connectivity index (χ0) is 25.2. The highest BCUT2D eigenvalue weighted by Gasteiger charge is 2.25. The highest BCUT2D eigenvalue weighted by atomic mass is 79.9. The molecule has 3 aromatic carbocycles. The van der Waals surface area contributed by atoms with Gasteiger partial charge in [0.2, 0.25) is 10.0 Å². The molecule has 0 amide bonds. The quantitative estimate of drug-likeness (QED) is 0.233. The van der Waals surface area contributed by atoms with Gasteiger partial charge in [0.25, 0.3) is 0 Å². The topological polar surface area (TPSA) is 76.9 Å². The predicted molar refractivity (Wildman–Crippen MR) is 145 cm³/mol. The molecule has 1 aromatic heterocycles. The average Bonchev–Trinajstić information content (AvgIpc) is 3.24. The molecule has 10 heteroatoms. The Kier molecular flexibility index (Phi) is 8.02. The molecule has 0 bridgehead atoms. The van der Waals surface area contributed by atoms with Gasteiger partial charge in [0.05, 0.1) is 16.6 Å². The molecule has 0 aliphatic rings. The number of hydrogen-bond acceptors (Lipinski definition) is 5. The Morgan fingerprint density at radius 1 is 1.03 bits per heavy atom. The molecule has 6 nitrogen and oxygen atoms in total. The van der Waals surface area contributed by atoms with Crippen LogP contribution in [0.25, 0.3) is 5.69 Å². The van der Waals surface area contributed by atoms with E-state index < -0.39 is 16.1 Å². The summed E-state index contributed by atoms with van der Waals surface area (Å²) in [5.74, 6) is 1.17. The molecular weight excluding hydrogens is 568 g/mol. The summed E-state index contributed by atoms with van der Waals surface area (Å²) in [5, 5.41) is 10.1. The smallest absolute Gasteiger partial charge is 0.241 e. The van der Waals surface area contributed by atoms with Crippen LogP contribution in [0.1, 0.15) is 35.5 Å². The minimum atomic E-state index is -3.78. The number of thioether (sulfide) groups is 1. The number of rotatable bonds is 8. The first-order valence-corrected chi connectivity index (χ1v) is 14.5. The third kappa shape index (κ3) is 5.98. The summed E-state index contributed by atoms with van der Waals surface area (Å²) in [6.45, 7) is 5.81. The van der Waals surface area contributed by atoms with Gasteiger partial charge in [0, 0.05) is 15.2 Å². The van der Waals surface area contributed by atoms with Crippen LogP contribution in [0.5, 0.6) is 0 Å². The number of hydrogen-bond donors (Lipinski definition) is 1. The van der Waals surface area contributed by atoms with Crippen molar-refractivity contribution in [3.8, 4) is 5.69 Å². The van der Waals surface area contributed by atoms with E-state index in [2.05, 4.69) is 49.9 Å². The normalized spacial score (nSPS) is 12.6. The van der Waals surface area contributed by atoms with Gasteiger partial charge in [0.1, 0.15) is 0 Å². The minimum Gasteiger partial charge on any atom is -0.272 e. The zero-order valence-corrected chi connectivity index (χ0v) is 23.3. The standard InChI is InChI=1S/C25H24BrClN4O2S2/c1-16-6-4-5-7-19(16)15-34-25-29-28-24(31(25)23-14-21(27)11-8-17(23)2)18(3)30-35(32,33)22-12-9-20(26)10-13-22/h4-14,18,30H,15H2,1-3H3. The summed E-state index contributed by atoms with van der Waals surface area (Å²) in [5.41, 5.74) is 4.16.